The van der Waals surface area contributed by atoms with E-state index in [1.807, 2.05) is 19.1 Å². The lowest BCUT2D eigenvalue weighted by Crippen LogP contribution is -2.17. The van der Waals surface area contributed by atoms with Crippen LogP contribution in [0.1, 0.15) is 50.6 Å². The van der Waals surface area contributed by atoms with Crippen molar-refractivity contribution in [2.24, 2.45) is 11.7 Å². The summed E-state index contributed by atoms with van der Waals surface area (Å²) in [7, 11) is 0. The van der Waals surface area contributed by atoms with Crippen LogP contribution in [0.3, 0.4) is 0 Å². The van der Waals surface area contributed by atoms with Gasteiger partial charge in [-0.2, -0.15) is 0 Å². The maximum Gasteiger partial charge on any atom is 0.218 e. The van der Waals surface area contributed by atoms with Gasteiger partial charge in [-0.3, -0.25) is 0 Å². The summed E-state index contributed by atoms with van der Waals surface area (Å²) in [6.45, 7) is 2.75. The van der Waals surface area contributed by atoms with Gasteiger partial charge in [0.05, 0.1) is 6.61 Å². The Balaban J connectivity index is 1.93. The van der Waals surface area contributed by atoms with Crippen molar-refractivity contribution in [2.45, 2.75) is 45.1 Å². The molecule has 0 aliphatic heterocycles. The summed E-state index contributed by atoms with van der Waals surface area (Å²) in [4.78, 5) is 4.28. The van der Waals surface area contributed by atoms with E-state index in [-0.39, 0.29) is 6.04 Å². The van der Waals surface area contributed by atoms with Crippen LogP contribution in [-0.4, -0.2) is 11.6 Å². The summed E-state index contributed by atoms with van der Waals surface area (Å²) >= 11 is 0. The van der Waals surface area contributed by atoms with E-state index < -0.39 is 0 Å². The molecule has 1 aromatic heterocycles. The van der Waals surface area contributed by atoms with Crippen molar-refractivity contribution >= 4 is 0 Å². The van der Waals surface area contributed by atoms with Gasteiger partial charge in [0, 0.05) is 17.8 Å². The summed E-state index contributed by atoms with van der Waals surface area (Å²) in [5.41, 5.74) is 6.91. The zero-order valence-electron chi connectivity index (χ0n) is 10.6. The van der Waals surface area contributed by atoms with Gasteiger partial charge in [0.25, 0.3) is 0 Å². The van der Waals surface area contributed by atoms with Crippen LogP contribution < -0.4 is 10.5 Å². The molecule has 1 aliphatic carbocycles. The van der Waals surface area contributed by atoms with Gasteiger partial charge in [-0.15, -0.1) is 0 Å². The SMILES string of the molecule is CC(N)c1cccnc1OCC1CCCCC1. The molecule has 94 valence electrons. The highest BCUT2D eigenvalue weighted by Gasteiger charge is 2.15. The minimum Gasteiger partial charge on any atom is -0.477 e. The first-order valence-electron chi connectivity index (χ1n) is 6.60. The molecule has 1 aromatic rings. The van der Waals surface area contributed by atoms with E-state index in [1.54, 1.807) is 6.20 Å². The molecule has 0 bridgehead atoms. The molecule has 2 N–H and O–H groups in total. The van der Waals surface area contributed by atoms with E-state index in [4.69, 9.17) is 10.5 Å². The lowest BCUT2D eigenvalue weighted by Gasteiger charge is -2.22. The summed E-state index contributed by atoms with van der Waals surface area (Å²) in [5, 5.41) is 0. The van der Waals surface area contributed by atoms with Gasteiger partial charge in [0.2, 0.25) is 5.88 Å². The molecule has 3 heteroatoms. The molecule has 0 aromatic carbocycles. The van der Waals surface area contributed by atoms with Gasteiger partial charge in [0.1, 0.15) is 0 Å². The maximum absolute atomic E-state index is 5.90. The highest BCUT2D eigenvalue weighted by molar-refractivity contribution is 5.28. The predicted molar refractivity (Wildman–Crippen MR) is 68.9 cm³/mol. The maximum atomic E-state index is 5.90. The number of pyridine rings is 1. The first-order valence-corrected chi connectivity index (χ1v) is 6.60. The molecule has 1 atom stereocenters. The first kappa shape index (κ1) is 12.4. The number of nitrogens with two attached hydrogens (primary N) is 1. The molecule has 3 nitrogen and oxygen atoms in total. The molecule has 17 heavy (non-hydrogen) atoms. The third-order valence-electron chi connectivity index (χ3n) is 3.47. The number of aromatic nitrogens is 1. The smallest absolute Gasteiger partial charge is 0.218 e. The topological polar surface area (TPSA) is 48.1 Å². The fourth-order valence-electron chi connectivity index (χ4n) is 2.42. The van der Waals surface area contributed by atoms with Crippen LogP contribution in [0.4, 0.5) is 0 Å². The number of rotatable bonds is 4. The van der Waals surface area contributed by atoms with Crippen LogP contribution in [-0.2, 0) is 0 Å². The Morgan fingerprint density at radius 3 is 2.88 bits per heavy atom. The number of nitrogens with zero attached hydrogens (tertiary/aromatic N) is 1. The molecule has 1 fully saturated rings. The van der Waals surface area contributed by atoms with Crippen LogP contribution in [0.25, 0.3) is 0 Å². The van der Waals surface area contributed by atoms with Crippen LogP contribution in [0, 0.1) is 5.92 Å². The van der Waals surface area contributed by atoms with E-state index in [9.17, 15) is 0 Å². The predicted octanol–water partition coefficient (Wildman–Crippen LogP) is 3.06. The van der Waals surface area contributed by atoms with Gasteiger partial charge >= 0.3 is 0 Å². The van der Waals surface area contributed by atoms with E-state index in [1.165, 1.54) is 32.1 Å². The van der Waals surface area contributed by atoms with Crippen LogP contribution in [0.5, 0.6) is 5.88 Å². The molecule has 1 saturated carbocycles. The van der Waals surface area contributed by atoms with Crippen molar-refractivity contribution in [2.75, 3.05) is 6.61 Å². The van der Waals surface area contributed by atoms with Crippen molar-refractivity contribution in [3.63, 3.8) is 0 Å². The highest BCUT2D eigenvalue weighted by Crippen LogP contribution is 2.26. The van der Waals surface area contributed by atoms with Crippen LogP contribution >= 0.6 is 0 Å². The van der Waals surface area contributed by atoms with Gasteiger partial charge in [-0.1, -0.05) is 25.3 Å². The van der Waals surface area contributed by atoms with Gasteiger partial charge in [-0.05, 0) is 31.7 Å². The Labute approximate surface area is 103 Å². The molecule has 1 unspecified atom stereocenters. The Bertz CT molecular complexity index is 346. The van der Waals surface area contributed by atoms with E-state index >= 15 is 0 Å². The van der Waals surface area contributed by atoms with Crippen molar-refractivity contribution in [1.82, 2.24) is 4.98 Å². The van der Waals surface area contributed by atoms with E-state index in [2.05, 4.69) is 4.98 Å². The average Bonchev–Trinajstić information content (AvgIpc) is 2.38. The van der Waals surface area contributed by atoms with Crippen molar-refractivity contribution in [1.29, 1.82) is 0 Å². The third kappa shape index (κ3) is 3.43. The van der Waals surface area contributed by atoms with Gasteiger partial charge < -0.3 is 10.5 Å². The van der Waals surface area contributed by atoms with Crippen LogP contribution in [0.2, 0.25) is 0 Å². The highest BCUT2D eigenvalue weighted by atomic mass is 16.5. The second-order valence-electron chi connectivity index (χ2n) is 5.00. The molecule has 0 amide bonds. The second-order valence-corrected chi connectivity index (χ2v) is 5.00. The molecule has 0 saturated heterocycles. The summed E-state index contributed by atoms with van der Waals surface area (Å²) in [6.07, 6.45) is 8.42. The van der Waals surface area contributed by atoms with Gasteiger partial charge in [0.15, 0.2) is 0 Å². The molecule has 0 radical (unpaired) electrons. The summed E-state index contributed by atoms with van der Waals surface area (Å²) < 4.78 is 5.85. The molecule has 1 heterocycles. The van der Waals surface area contributed by atoms with Gasteiger partial charge in [-0.25, -0.2) is 4.98 Å². The summed E-state index contributed by atoms with van der Waals surface area (Å²) in [6, 6.07) is 3.88. The fourth-order valence-corrected chi connectivity index (χ4v) is 2.42. The molecule has 2 rings (SSSR count). The normalized spacial score (nSPS) is 18.9. The first-order chi connectivity index (χ1) is 8.27. The Morgan fingerprint density at radius 1 is 1.41 bits per heavy atom. The summed E-state index contributed by atoms with van der Waals surface area (Å²) in [5.74, 6) is 1.42. The lowest BCUT2D eigenvalue weighted by atomic mass is 9.90. The zero-order valence-corrected chi connectivity index (χ0v) is 10.6. The number of hydrogen-bond donors (Lipinski definition) is 1. The van der Waals surface area contributed by atoms with Crippen molar-refractivity contribution < 1.29 is 4.74 Å². The Hall–Kier alpha value is -1.09. The quantitative estimate of drug-likeness (QED) is 0.871. The van der Waals surface area contributed by atoms with Crippen molar-refractivity contribution in [3.8, 4) is 5.88 Å². The lowest BCUT2D eigenvalue weighted by molar-refractivity contribution is 0.200. The monoisotopic (exact) mass is 234 g/mol. The van der Waals surface area contributed by atoms with E-state index in [0.717, 1.165) is 12.2 Å². The number of ether oxygens (including phenoxy) is 1. The number of hydrogen-bond acceptors (Lipinski definition) is 3. The molecule has 1 aliphatic rings. The van der Waals surface area contributed by atoms with Crippen molar-refractivity contribution in [3.05, 3.63) is 23.9 Å². The fraction of sp³-hybridized carbons (Fsp3) is 0.643. The van der Waals surface area contributed by atoms with E-state index in [0.29, 0.717) is 11.8 Å². The zero-order chi connectivity index (χ0) is 12.1. The molecular weight excluding hydrogens is 212 g/mol. The minimum atomic E-state index is -0.0231. The molecule has 0 spiro atoms. The standard InChI is InChI=1S/C14H22N2O/c1-11(15)13-8-5-9-16-14(13)17-10-12-6-3-2-4-7-12/h5,8-9,11-12H,2-4,6-7,10,15H2,1H3. The Kier molecular flexibility index (Phi) is 4.37. The molecular formula is C14H22N2O. The third-order valence-corrected chi connectivity index (χ3v) is 3.47. The largest absolute Gasteiger partial charge is 0.477 e. The van der Waals surface area contributed by atoms with Crippen LogP contribution in [0.15, 0.2) is 18.3 Å². The average molecular weight is 234 g/mol. The minimum absolute atomic E-state index is 0.0231. The second kappa shape index (κ2) is 6.01. The Morgan fingerprint density at radius 2 is 2.18 bits per heavy atom.